The number of alkyl halides is 1. The molecule has 4 saturated carbocycles. The van der Waals surface area contributed by atoms with E-state index in [1.165, 1.54) is 39.0 Å². The van der Waals surface area contributed by atoms with Crippen LogP contribution in [-0.4, -0.2) is 22.2 Å². The van der Waals surface area contributed by atoms with Crippen LogP contribution in [0.25, 0.3) is 0 Å². The molecular weight excluding hydrogens is 416 g/mol. The van der Waals surface area contributed by atoms with Gasteiger partial charge in [0.15, 0.2) is 0 Å². The first-order chi connectivity index (χ1) is 13.0. The third-order valence-corrected chi connectivity index (χ3v) is 12.2. The van der Waals surface area contributed by atoms with E-state index in [0.717, 1.165) is 31.1 Å². The topological polar surface area (TPSA) is 43.4 Å². The van der Waals surface area contributed by atoms with Crippen molar-refractivity contribution in [2.75, 3.05) is 0 Å². The number of Topliss-reactive ketones (excluding diaryl/α,β-unsaturated/α-hetero) is 1. The molecule has 0 aromatic rings. The maximum Gasteiger partial charge on any atom is 0.302 e. The molecule has 0 heterocycles. The van der Waals surface area contributed by atoms with Crippen molar-refractivity contribution in [3.05, 3.63) is 0 Å². The van der Waals surface area contributed by atoms with E-state index in [1.54, 1.807) is 6.92 Å². The van der Waals surface area contributed by atoms with Gasteiger partial charge in [0.25, 0.3) is 0 Å². The number of carbonyl (C=O) groups excluding carboxylic acids is 2. The Kier molecular flexibility index (Phi) is 5.08. The summed E-state index contributed by atoms with van der Waals surface area (Å²) in [6.45, 7) is 10.5. The first-order valence-electron chi connectivity index (χ1n) is 11.4. The van der Waals surface area contributed by atoms with Crippen LogP contribution in [0.5, 0.6) is 0 Å². The lowest BCUT2D eigenvalue weighted by Crippen LogP contribution is -2.57. The van der Waals surface area contributed by atoms with Gasteiger partial charge in [-0.3, -0.25) is 9.59 Å². The van der Waals surface area contributed by atoms with Gasteiger partial charge in [-0.15, -0.1) is 0 Å². The molecule has 0 bridgehead atoms. The van der Waals surface area contributed by atoms with Gasteiger partial charge in [-0.25, -0.2) is 0 Å². The predicted octanol–water partition coefficient (Wildman–Crippen LogP) is 5.93. The lowest BCUT2D eigenvalue weighted by atomic mass is 9.44. The van der Waals surface area contributed by atoms with Crippen molar-refractivity contribution in [1.29, 1.82) is 0 Å². The summed E-state index contributed by atoms with van der Waals surface area (Å²) in [4.78, 5) is 24.2. The molecule has 0 aliphatic heterocycles. The molecule has 0 amide bonds. The molecule has 0 spiro atoms. The number of fused-ring (bicyclic) bond motifs is 5. The molecule has 4 heteroatoms. The maximum atomic E-state index is 12.7. The minimum Gasteiger partial charge on any atom is -0.463 e. The number of halogens is 1. The van der Waals surface area contributed by atoms with E-state index in [0.29, 0.717) is 29.0 Å². The van der Waals surface area contributed by atoms with Crippen molar-refractivity contribution < 1.29 is 14.3 Å². The normalized spacial score (nSPS) is 52.9. The molecular formula is C24H37BrO3. The molecule has 4 aliphatic carbocycles. The molecule has 4 aliphatic rings. The van der Waals surface area contributed by atoms with Gasteiger partial charge >= 0.3 is 5.97 Å². The van der Waals surface area contributed by atoms with E-state index in [9.17, 15) is 9.59 Å². The molecule has 158 valence electrons. The van der Waals surface area contributed by atoms with Crippen LogP contribution in [0.1, 0.15) is 86.0 Å². The third-order valence-electron chi connectivity index (χ3n) is 9.97. The van der Waals surface area contributed by atoms with Crippen LogP contribution in [0, 0.1) is 40.4 Å². The quantitative estimate of drug-likeness (QED) is 0.385. The summed E-state index contributed by atoms with van der Waals surface area (Å²) >= 11 is 4.01. The monoisotopic (exact) mass is 452 g/mol. The van der Waals surface area contributed by atoms with E-state index >= 15 is 0 Å². The Balaban J connectivity index is 1.59. The van der Waals surface area contributed by atoms with Gasteiger partial charge in [0.1, 0.15) is 11.9 Å². The molecule has 0 radical (unpaired) electrons. The van der Waals surface area contributed by atoms with Crippen LogP contribution in [-0.2, 0) is 14.3 Å². The number of rotatable bonds is 2. The van der Waals surface area contributed by atoms with Crippen LogP contribution in [0.3, 0.4) is 0 Å². The Hall–Kier alpha value is -0.380. The fourth-order valence-electron chi connectivity index (χ4n) is 8.62. The third kappa shape index (κ3) is 2.72. The summed E-state index contributed by atoms with van der Waals surface area (Å²) in [5, 5.41) is 0. The number of hydrogen-bond acceptors (Lipinski definition) is 3. The Bertz CT molecular complexity index is 677. The Morgan fingerprint density at radius 2 is 1.68 bits per heavy atom. The minimum absolute atomic E-state index is 0.0809. The Morgan fingerprint density at radius 3 is 2.32 bits per heavy atom. The molecule has 4 fully saturated rings. The second kappa shape index (κ2) is 6.82. The van der Waals surface area contributed by atoms with Gasteiger partial charge in [0, 0.05) is 6.92 Å². The average Bonchev–Trinajstić information content (AvgIpc) is 2.83. The van der Waals surface area contributed by atoms with E-state index in [4.69, 9.17) is 4.74 Å². The summed E-state index contributed by atoms with van der Waals surface area (Å²) in [6.07, 6.45) is 9.50. The van der Waals surface area contributed by atoms with Gasteiger partial charge < -0.3 is 4.74 Å². The van der Waals surface area contributed by atoms with E-state index in [1.807, 2.05) is 0 Å². The second-order valence-electron chi connectivity index (χ2n) is 11.0. The zero-order valence-corrected chi connectivity index (χ0v) is 19.8. The number of ether oxygens (including phenoxy) is 1. The zero-order valence-electron chi connectivity index (χ0n) is 18.2. The van der Waals surface area contributed by atoms with Crippen LogP contribution < -0.4 is 0 Å². The summed E-state index contributed by atoms with van der Waals surface area (Å²) in [6, 6.07) is 0. The van der Waals surface area contributed by atoms with Crippen LogP contribution in [0.2, 0.25) is 0 Å². The molecule has 0 aromatic heterocycles. The fraction of sp³-hybridized carbons (Fsp3) is 0.917. The van der Waals surface area contributed by atoms with Crippen molar-refractivity contribution in [3.8, 4) is 0 Å². The van der Waals surface area contributed by atoms with Gasteiger partial charge in [-0.2, -0.15) is 0 Å². The lowest BCUT2D eigenvalue weighted by molar-refractivity contribution is -0.160. The molecule has 3 nitrogen and oxygen atoms in total. The first kappa shape index (κ1) is 20.9. The molecule has 0 saturated heterocycles. The predicted molar refractivity (Wildman–Crippen MR) is 114 cm³/mol. The summed E-state index contributed by atoms with van der Waals surface area (Å²) < 4.78 is 5.24. The first-order valence-corrected chi connectivity index (χ1v) is 12.2. The minimum atomic E-state index is -0.347. The van der Waals surface area contributed by atoms with Gasteiger partial charge in [0.2, 0.25) is 0 Å². The zero-order chi connectivity index (χ0) is 20.5. The van der Waals surface area contributed by atoms with Crippen LogP contribution >= 0.6 is 15.9 Å². The van der Waals surface area contributed by atoms with Crippen LogP contribution in [0.4, 0.5) is 0 Å². The van der Waals surface area contributed by atoms with E-state index in [-0.39, 0.29) is 21.8 Å². The van der Waals surface area contributed by atoms with Crippen molar-refractivity contribution in [2.45, 2.75) is 96.4 Å². The average molecular weight is 453 g/mol. The van der Waals surface area contributed by atoms with Crippen molar-refractivity contribution in [1.82, 2.24) is 0 Å². The van der Waals surface area contributed by atoms with Crippen LogP contribution in [0.15, 0.2) is 0 Å². The van der Waals surface area contributed by atoms with Crippen molar-refractivity contribution in [3.63, 3.8) is 0 Å². The lowest BCUT2D eigenvalue weighted by Gasteiger charge is -2.61. The number of carbonyl (C=O) groups is 2. The molecule has 4 rings (SSSR count). The van der Waals surface area contributed by atoms with Gasteiger partial charge in [-0.1, -0.05) is 36.7 Å². The number of hydrogen-bond donors (Lipinski definition) is 0. The largest absolute Gasteiger partial charge is 0.463 e. The highest BCUT2D eigenvalue weighted by Gasteiger charge is 2.68. The SMILES string of the molecule is CC(=O)OC1CC[C@]2(C)C3CC[C@@]4(C)C(C[C@@H](C)[C@]4(Br)C(C)=O)C3CC[C@H]2C1. The van der Waals surface area contributed by atoms with E-state index < -0.39 is 0 Å². The summed E-state index contributed by atoms with van der Waals surface area (Å²) in [7, 11) is 0. The van der Waals surface area contributed by atoms with Crippen molar-refractivity contribution >= 4 is 27.7 Å². The highest BCUT2D eigenvalue weighted by atomic mass is 79.9. The Morgan fingerprint density at radius 1 is 0.964 bits per heavy atom. The standard InChI is InChI=1S/C24H37BrO3/c1-14-12-21-19-7-6-17-13-18(28-16(3)27)8-10-22(17,4)20(19)9-11-23(21,5)24(14,25)15(2)26/h14,17-21H,6-13H2,1-5H3/t14-,17+,18?,19?,20?,21?,22+,23+,24+/m1/s1. The maximum absolute atomic E-state index is 12.7. The molecule has 0 aromatic carbocycles. The highest BCUT2D eigenvalue weighted by Crippen LogP contribution is 2.71. The van der Waals surface area contributed by atoms with Gasteiger partial charge in [0.05, 0.1) is 4.32 Å². The Labute approximate surface area is 178 Å². The van der Waals surface area contributed by atoms with Gasteiger partial charge in [-0.05, 0) is 98.7 Å². The number of esters is 1. The smallest absolute Gasteiger partial charge is 0.302 e. The molecule has 0 N–H and O–H groups in total. The fourth-order valence-corrected chi connectivity index (χ4v) is 9.30. The second-order valence-corrected chi connectivity index (χ2v) is 12.3. The van der Waals surface area contributed by atoms with Crippen molar-refractivity contribution in [2.24, 2.45) is 40.4 Å². The molecule has 28 heavy (non-hydrogen) atoms. The molecule has 9 atom stereocenters. The number of ketones is 1. The highest BCUT2D eigenvalue weighted by molar-refractivity contribution is 9.10. The summed E-state index contributed by atoms with van der Waals surface area (Å²) in [5.41, 5.74) is 0.454. The van der Waals surface area contributed by atoms with E-state index in [2.05, 4.69) is 36.7 Å². The summed E-state index contributed by atoms with van der Waals surface area (Å²) in [5.74, 6) is 3.43. The molecule has 4 unspecified atom stereocenters.